The molecule has 4 heteroatoms. The number of amides is 1. The van der Waals surface area contributed by atoms with Gasteiger partial charge >= 0.3 is 0 Å². The van der Waals surface area contributed by atoms with Crippen molar-refractivity contribution in [3.63, 3.8) is 0 Å². The molecule has 4 rings (SSSR count). The van der Waals surface area contributed by atoms with Gasteiger partial charge < -0.3 is 10.6 Å². The Kier molecular flexibility index (Phi) is 2.60. The van der Waals surface area contributed by atoms with Gasteiger partial charge in [0.05, 0.1) is 11.2 Å². The molecule has 0 aliphatic carbocycles. The van der Waals surface area contributed by atoms with E-state index in [9.17, 15) is 4.79 Å². The summed E-state index contributed by atoms with van der Waals surface area (Å²) in [6, 6.07) is 17.2. The van der Waals surface area contributed by atoms with E-state index in [4.69, 9.17) is 0 Å². The number of nitrogens with one attached hydrogen (secondary N) is 2. The van der Waals surface area contributed by atoms with E-state index in [0.717, 1.165) is 27.8 Å². The van der Waals surface area contributed by atoms with E-state index in [2.05, 4.69) is 15.6 Å². The topological polar surface area (TPSA) is 54.0 Å². The van der Waals surface area contributed by atoms with Crippen molar-refractivity contribution in [2.75, 3.05) is 10.6 Å². The Bertz CT molecular complexity index is 839. The number of para-hydroxylation sites is 2. The van der Waals surface area contributed by atoms with Gasteiger partial charge in [-0.25, -0.2) is 0 Å². The van der Waals surface area contributed by atoms with E-state index in [-0.39, 0.29) is 11.9 Å². The van der Waals surface area contributed by atoms with Crippen LogP contribution in [0, 0.1) is 0 Å². The Hall–Kier alpha value is -2.88. The highest BCUT2D eigenvalue weighted by Crippen LogP contribution is 2.34. The third kappa shape index (κ3) is 1.92. The van der Waals surface area contributed by atoms with Crippen molar-refractivity contribution in [3.8, 4) is 0 Å². The van der Waals surface area contributed by atoms with Gasteiger partial charge in [-0.15, -0.1) is 0 Å². The number of anilines is 2. The van der Waals surface area contributed by atoms with E-state index in [0.29, 0.717) is 0 Å². The molecule has 0 bridgehead atoms. The van der Waals surface area contributed by atoms with E-state index in [1.165, 1.54) is 0 Å². The second kappa shape index (κ2) is 4.59. The molecule has 2 aromatic carbocycles. The van der Waals surface area contributed by atoms with E-state index < -0.39 is 0 Å². The summed E-state index contributed by atoms with van der Waals surface area (Å²) in [6.45, 7) is 0. The maximum Gasteiger partial charge on any atom is 0.251 e. The molecule has 0 saturated carbocycles. The van der Waals surface area contributed by atoms with Gasteiger partial charge in [-0.3, -0.25) is 9.78 Å². The van der Waals surface area contributed by atoms with Crippen LogP contribution in [-0.2, 0) is 4.79 Å². The van der Waals surface area contributed by atoms with Crippen molar-refractivity contribution in [1.29, 1.82) is 0 Å². The monoisotopic (exact) mass is 275 g/mol. The third-order valence-electron chi connectivity index (χ3n) is 3.72. The van der Waals surface area contributed by atoms with Gasteiger partial charge in [-0.2, -0.15) is 0 Å². The largest absolute Gasteiger partial charge is 0.368 e. The van der Waals surface area contributed by atoms with Crippen LogP contribution in [0.15, 0.2) is 60.8 Å². The predicted molar refractivity (Wildman–Crippen MR) is 83.2 cm³/mol. The lowest BCUT2D eigenvalue weighted by atomic mass is 10.1. The highest BCUT2D eigenvalue weighted by Gasteiger charge is 2.30. The number of rotatable bonds is 2. The molecule has 1 amide bonds. The van der Waals surface area contributed by atoms with Crippen LogP contribution in [0.5, 0.6) is 0 Å². The summed E-state index contributed by atoms with van der Waals surface area (Å²) in [7, 11) is 0. The summed E-state index contributed by atoms with van der Waals surface area (Å²) in [6.07, 6.45) is 1.76. The van der Waals surface area contributed by atoms with Crippen molar-refractivity contribution >= 4 is 28.2 Å². The van der Waals surface area contributed by atoms with E-state index >= 15 is 0 Å². The molecule has 2 heterocycles. The number of fused-ring (bicyclic) bond motifs is 2. The van der Waals surface area contributed by atoms with Crippen LogP contribution in [0.2, 0.25) is 0 Å². The number of aromatic nitrogens is 1. The van der Waals surface area contributed by atoms with Gasteiger partial charge in [-0.05, 0) is 18.2 Å². The van der Waals surface area contributed by atoms with Gasteiger partial charge in [-0.1, -0.05) is 36.4 Å². The van der Waals surface area contributed by atoms with E-state index in [1.807, 2.05) is 54.6 Å². The number of hydrogen-bond donors (Lipinski definition) is 2. The molecule has 0 saturated heterocycles. The highest BCUT2D eigenvalue weighted by atomic mass is 16.2. The van der Waals surface area contributed by atoms with Gasteiger partial charge in [0.1, 0.15) is 6.04 Å². The molecular formula is C17H13N3O. The van der Waals surface area contributed by atoms with Crippen molar-refractivity contribution in [2.24, 2.45) is 0 Å². The first-order valence-electron chi connectivity index (χ1n) is 6.83. The zero-order chi connectivity index (χ0) is 14.2. The van der Waals surface area contributed by atoms with E-state index in [1.54, 1.807) is 6.20 Å². The molecule has 2 N–H and O–H groups in total. The summed E-state index contributed by atoms with van der Waals surface area (Å²) in [5, 5.41) is 7.26. The minimum Gasteiger partial charge on any atom is -0.368 e. The number of hydrogen-bond acceptors (Lipinski definition) is 3. The van der Waals surface area contributed by atoms with Gasteiger partial charge in [0, 0.05) is 22.8 Å². The molecule has 3 aromatic rings. The molecule has 1 aliphatic rings. The Morgan fingerprint density at radius 3 is 2.81 bits per heavy atom. The Morgan fingerprint density at radius 1 is 1.00 bits per heavy atom. The van der Waals surface area contributed by atoms with Crippen LogP contribution in [0.4, 0.5) is 11.4 Å². The molecule has 0 radical (unpaired) electrons. The molecule has 4 nitrogen and oxygen atoms in total. The molecule has 1 aromatic heterocycles. The normalized spacial score (nSPS) is 16.6. The molecule has 1 atom stereocenters. The maximum absolute atomic E-state index is 12.2. The van der Waals surface area contributed by atoms with Crippen LogP contribution in [0.25, 0.3) is 10.9 Å². The van der Waals surface area contributed by atoms with Crippen molar-refractivity contribution in [3.05, 3.63) is 66.4 Å². The molecular weight excluding hydrogens is 262 g/mol. The average molecular weight is 275 g/mol. The Labute approximate surface area is 121 Å². The predicted octanol–water partition coefficient (Wildman–Crippen LogP) is 3.34. The average Bonchev–Trinajstić information content (AvgIpc) is 2.84. The SMILES string of the molecule is O=C1Nc2ccccc2C1Nc1cccc2cccnc12. The summed E-state index contributed by atoms with van der Waals surface area (Å²) in [5.41, 5.74) is 3.57. The van der Waals surface area contributed by atoms with Crippen LogP contribution in [-0.4, -0.2) is 10.9 Å². The first kappa shape index (κ1) is 11.9. The number of carbonyl (C=O) groups excluding carboxylic acids is 1. The zero-order valence-electron chi connectivity index (χ0n) is 11.2. The summed E-state index contributed by atoms with van der Waals surface area (Å²) in [4.78, 5) is 16.6. The van der Waals surface area contributed by atoms with Crippen LogP contribution in [0.1, 0.15) is 11.6 Å². The fraction of sp³-hybridized carbons (Fsp3) is 0.0588. The highest BCUT2D eigenvalue weighted by molar-refractivity contribution is 6.05. The summed E-state index contributed by atoms with van der Waals surface area (Å²) < 4.78 is 0. The Balaban J connectivity index is 1.77. The molecule has 1 aliphatic heterocycles. The zero-order valence-corrected chi connectivity index (χ0v) is 11.2. The molecule has 1 unspecified atom stereocenters. The minimum atomic E-state index is -0.381. The molecule has 21 heavy (non-hydrogen) atoms. The number of pyridine rings is 1. The second-order valence-corrected chi connectivity index (χ2v) is 5.03. The number of nitrogens with zero attached hydrogens (tertiary/aromatic N) is 1. The number of carbonyl (C=O) groups is 1. The fourth-order valence-corrected chi connectivity index (χ4v) is 2.73. The standard InChI is InChI=1S/C17H13N3O/c21-17-16(12-7-1-2-8-13(12)20-17)19-14-9-3-5-11-6-4-10-18-15(11)14/h1-10,16,19H,(H,20,21). The molecule has 0 fully saturated rings. The van der Waals surface area contributed by atoms with Gasteiger partial charge in [0.2, 0.25) is 0 Å². The third-order valence-corrected chi connectivity index (χ3v) is 3.72. The van der Waals surface area contributed by atoms with Crippen LogP contribution >= 0.6 is 0 Å². The number of benzene rings is 2. The summed E-state index contributed by atoms with van der Waals surface area (Å²) in [5.74, 6) is -0.0378. The minimum absolute atomic E-state index is 0.0378. The lowest BCUT2D eigenvalue weighted by molar-refractivity contribution is -0.116. The van der Waals surface area contributed by atoms with Crippen molar-refractivity contribution < 1.29 is 4.79 Å². The first-order valence-corrected chi connectivity index (χ1v) is 6.83. The lowest BCUT2D eigenvalue weighted by Crippen LogP contribution is -2.19. The second-order valence-electron chi connectivity index (χ2n) is 5.03. The first-order chi connectivity index (χ1) is 10.3. The van der Waals surface area contributed by atoms with Crippen molar-refractivity contribution in [1.82, 2.24) is 4.98 Å². The van der Waals surface area contributed by atoms with Gasteiger partial charge in [0.25, 0.3) is 5.91 Å². The summed E-state index contributed by atoms with van der Waals surface area (Å²) >= 11 is 0. The maximum atomic E-state index is 12.2. The molecule has 102 valence electrons. The van der Waals surface area contributed by atoms with Crippen LogP contribution < -0.4 is 10.6 Å². The van der Waals surface area contributed by atoms with Gasteiger partial charge in [0.15, 0.2) is 0 Å². The van der Waals surface area contributed by atoms with Crippen molar-refractivity contribution in [2.45, 2.75) is 6.04 Å². The lowest BCUT2D eigenvalue weighted by Gasteiger charge is -2.14. The van der Waals surface area contributed by atoms with Crippen LogP contribution in [0.3, 0.4) is 0 Å². The quantitative estimate of drug-likeness (QED) is 0.754. The molecule has 0 spiro atoms. The smallest absolute Gasteiger partial charge is 0.251 e. The fourth-order valence-electron chi connectivity index (χ4n) is 2.73. The Morgan fingerprint density at radius 2 is 1.86 bits per heavy atom.